The third-order valence-electron chi connectivity index (χ3n) is 5.93. The van der Waals surface area contributed by atoms with Gasteiger partial charge in [0.1, 0.15) is 0 Å². The number of ether oxygens (including phenoxy) is 1. The zero-order chi connectivity index (χ0) is 17.6. The van der Waals surface area contributed by atoms with Gasteiger partial charge >= 0.3 is 6.09 Å². The van der Waals surface area contributed by atoms with Crippen LogP contribution >= 0.6 is 0 Å². The molecular formula is C20H27N3O2. The number of alkyl carbamates (subject to hydrolysis) is 1. The summed E-state index contributed by atoms with van der Waals surface area (Å²) in [4.78, 5) is 14.1. The number of amides is 1. The standard InChI is InChI=1S/C20H27N3O2/c1-4-25-20(24)21-10-13-8-16-15-6-5-7-17-19(15)14(12-23(17)3)9-18(16)22(2)11-13/h5-7,12-13,16,18H,4,8-11H2,1-3H3,(H,21,24)/t13-,16+,18+/m0/s1. The first-order valence-corrected chi connectivity index (χ1v) is 9.26. The summed E-state index contributed by atoms with van der Waals surface area (Å²) in [5.74, 6) is 0.988. The van der Waals surface area contributed by atoms with Crippen molar-refractivity contribution in [2.45, 2.75) is 31.7 Å². The highest BCUT2D eigenvalue weighted by Gasteiger charge is 2.39. The van der Waals surface area contributed by atoms with Crippen LogP contribution in [0.5, 0.6) is 0 Å². The van der Waals surface area contributed by atoms with Crippen molar-refractivity contribution in [3.8, 4) is 0 Å². The Balaban J connectivity index is 1.59. The summed E-state index contributed by atoms with van der Waals surface area (Å²) in [7, 11) is 4.36. The highest BCUT2D eigenvalue weighted by atomic mass is 16.5. The maximum atomic E-state index is 11.6. The topological polar surface area (TPSA) is 46.5 Å². The van der Waals surface area contributed by atoms with Gasteiger partial charge in [-0.2, -0.15) is 0 Å². The number of likely N-dealkylation sites (tertiary alicyclic amines) is 1. The van der Waals surface area contributed by atoms with E-state index in [1.165, 1.54) is 22.0 Å². The van der Waals surface area contributed by atoms with E-state index in [1.807, 2.05) is 6.92 Å². The Labute approximate surface area is 148 Å². The lowest BCUT2D eigenvalue weighted by atomic mass is 9.72. The molecule has 1 aromatic carbocycles. The number of carbonyl (C=O) groups is 1. The number of benzene rings is 1. The van der Waals surface area contributed by atoms with Crippen LogP contribution in [-0.2, 0) is 18.2 Å². The molecule has 1 aliphatic heterocycles. The molecule has 0 radical (unpaired) electrons. The van der Waals surface area contributed by atoms with Crippen LogP contribution < -0.4 is 5.32 Å². The van der Waals surface area contributed by atoms with Crippen molar-refractivity contribution in [2.24, 2.45) is 13.0 Å². The van der Waals surface area contributed by atoms with Crippen LogP contribution in [0.3, 0.4) is 0 Å². The molecule has 25 heavy (non-hydrogen) atoms. The summed E-state index contributed by atoms with van der Waals surface area (Å²) in [6, 6.07) is 7.26. The lowest BCUT2D eigenvalue weighted by Gasteiger charge is -2.45. The number of aryl methyl sites for hydroxylation is 1. The van der Waals surface area contributed by atoms with Crippen molar-refractivity contribution in [2.75, 3.05) is 26.7 Å². The van der Waals surface area contributed by atoms with Gasteiger partial charge in [0.25, 0.3) is 0 Å². The average molecular weight is 341 g/mol. The Morgan fingerprint density at radius 2 is 2.20 bits per heavy atom. The van der Waals surface area contributed by atoms with Gasteiger partial charge in [-0.3, -0.25) is 0 Å². The Morgan fingerprint density at radius 3 is 3.00 bits per heavy atom. The Bertz CT molecular complexity index is 798. The molecule has 4 rings (SSSR count). The molecule has 2 aromatic rings. The minimum absolute atomic E-state index is 0.302. The smallest absolute Gasteiger partial charge is 0.407 e. The number of hydrogen-bond donors (Lipinski definition) is 1. The Kier molecular flexibility index (Phi) is 4.20. The van der Waals surface area contributed by atoms with Crippen molar-refractivity contribution >= 4 is 17.0 Å². The summed E-state index contributed by atoms with van der Waals surface area (Å²) >= 11 is 0. The van der Waals surface area contributed by atoms with Crippen LogP contribution in [0, 0.1) is 5.92 Å². The Morgan fingerprint density at radius 1 is 1.36 bits per heavy atom. The number of fused-ring (bicyclic) bond motifs is 2. The summed E-state index contributed by atoms with van der Waals surface area (Å²) in [5, 5.41) is 4.38. The highest BCUT2D eigenvalue weighted by Crippen LogP contribution is 2.44. The highest BCUT2D eigenvalue weighted by molar-refractivity contribution is 5.89. The molecule has 0 bridgehead atoms. The van der Waals surface area contributed by atoms with E-state index in [2.05, 4.69) is 53.3 Å². The first-order valence-electron chi connectivity index (χ1n) is 9.26. The largest absolute Gasteiger partial charge is 0.450 e. The summed E-state index contributed by atoms with van der Waals surface area (Å²) in [6.45, 7) is 3.95. The lowest BCUT2D eigenvalue weighted by Crippen LogP contribution is -2.50. The molecule has 3 atom stereocenters. The molecule has 0 unspecified atom stereocenters. The van der Waals surface area contributed by atoms with Crippen LogP contribution in [0.4, 0.5) is 4.79 Å². The van der Waals surface area contributed by atoms with Crippen molar-refractivity contribution in [3.05, 3.63) is 35.5 Å². The number of likely N-dealkylation sites (N-methyl/N-ethyl adjacent to an activating group) is 1. The maximum Gasteiger partial charge on any atom is 0.407 e. The minimum Gasteiger partial charge on any atom is -0.450 e. The molecule has 0 spiro atoms. The fraction of sp³-hybridized carbons (Fsp3) is 0.550. The van der Waals surface area contributed by atoms with Crippen LogP contribution in [0.25, 0.3) is 10.9 Å². The summed E-state index contributed by atoms with van der Waals surface area (Å²) < 4.78 is 7.25. The average Bonchev–Trinajstić information content (AvgIpc) is 2.92. The van der Waals surface area contributed by atoms with Crippen molar-refractivity contribution < 1.29 is 9.53 Å². The number of hydrogen-bond acceptors (Lipinski definition) is 3. The van der Waals surface area contributed by atoms with E-state index < -0.39 is 0 Å². The minimum atomic E-state index is -0.302. The molecule has 5 nitrogen and oxygen atoms in total. The normalized spacial score (nSPS) is 25.6. The van der Waals surface area contributed by atoms with Crippen LogP contribution in [0.2, 0.25) is 0 Å². The molecular weight excluding hydrogens is 314 g/mol. The van der Waals surface area contributed by atoms with Gasteiger partial charge in [-0.15, -0.1) is 0 Å². The van der Waals surface area contributed by atoms with E-state index in [1.54, 1.807) is 0 Å². The molecule has 2 aliphatic rings. The molecule has 5 heteroatoms. The summed E-state index contributed by atoms with van der Waals surface area (Å²) in [5.41, 5.74) is 4.29. The fourth-order valence-electron chi connectivity index (χ4n) is 4.89. The van der Waals surface area contributed by atoms with Crippen molar-refractivity contribution in [1.29, 1.82) is 0 Å². The van der Waals surface area contributed by atoms with Crippen molar-refractivity contribution in [3.63, 3.8) is 0 Å². The van der Waals surface area contributed by atoms with Crippen LogP contribution in [0.15, 0.2) is 24.4 Å². The monoisotopic (exact) mass is 341 g/mol. The second-order valence-corrected chi connectivity index (χ2v) is 7.53. The lowest BCUT2D eigenvalue weighted by molar-refractivity contribution is 0.106. The molecule has 0 saturated carbocycles. The Hall–Kier alpha value is -2.01. The van der Waals surface area contributed by atoms with E-state index in [0.29, 0.717) is 31.0 Å². The quantitative estimate of drug-likeness (QED) is 0.934. The van der Waals surface area contributed by atoms with E-state index in [9.17, 15) is 4.79 Å². The van der Waals surface area contributed by atoms with E-state index in [0.717, 1.165) is 19.4 Å². The molecule has 1 aromatic heterocycles. The summed E-state index contributed by atoms with van der Waals surface area (Å²) in [6.07, 6.45) is 4.23. The fourth-order valence-corrected chi connectivity index (χ4v) is 4.89. The SMILES string of the molecule is CCOC(=O)NC[C@@H]1C[C@@H]2c3cccc4c3c(cn4C)C[C@H]2N(C)C1. The third kappa shape index (κ3) is 2.80. The van der Waals surface area contributed by atoms with Gasteiger partial charge in [0.2, 0.25) is 0 Å². The van der Waals surface area contributed by atoms with Gasteiger partial charge in [0.05, 0.1) is 6.61 Å². The molecule has 1 fully saturated rings. The first kappa shape index (κ1) is 16.5. The van der Waals surface area contributed by atoms with Gasteiger partial charge in [-0.05, 0) is 49.9 Å². The number of rotatable bonds is 3. The molecule has 1 saturated heterocycles. The number of piperidine rings is 1. The molecule has 134 valence electrons. The third-order valence-corrected chi connectivity index (χ3v) is 5.93. The number of carbonyl (C=O) groups excluding carboxylic acids is 1. The molecule has 2 heterocycles. The predicted molar refractivity (Wildman–Crippen MR) is 98.9 cm³/mol. The van der Waals surface area contributed by atoms with Gasteiger partial charge in [0, 0.05) is 49.2 Å². The maximum absolute atomic E-state index is 11.6. The van der Waals surface area contributed by atoms with E-state index in [4.69, 9.17) is 4.74 Å². The second kappa shape index (κ2) is 6.37. The zero-order valence-corrected chi connectivity index (χ0v) is 15.3. The first-order chi connectivity index (χ1) is 12.1. The molecule has 1 amide bonds. The van der Waals surface area contributed by atoms with Crippen LogP contribution in [-0.4, -0.2) is 48.3 Å². The second-order valence-electron chi connectivity index (χ2n) is 7.53. The van der Waals surface area contributed by atoms with Gasteiger partial charge in [-0.1, -0.05) is 12.1 Å². The van der Waals surface area contributed by atoms with E-state index >= 15 is 0 Å². The number of nitrogens with one attached hydrogen (secondary N) is 1. The van der Waals surface area contributed by atoms with Crippen LogP contribution in [0.1, 0.15) is 30.4 Å². The molecule has 1 N–H and O–H groups in total. The van der Waals surface area contributed by atoms with Gasteiger partial charge in [0.15, 0.2) is 0 Å². The van der Waals surface area contributed by atoms with Crippen molar-refractivity contribution in [1.82, 2.24) is 14.8 Å². The number of nitrogens with zero attached hydrogens (tertiary/aromatic N) is 2. The zero-order valence-electron chi connectivity index (χ0n) is 15.3. The number of aromatic nitrogens is 1. The van der Waals surface area contributed by atoms with Gasteiger partial charge < -0.3 is 19.5 Å². The predicted octanol–water partition coefficient (Wildman–Crippen LogP) is 2.88. The van der Waals surface area contributed by atoms with Gasteiger partial charge in [-0.25, -0.2) is 4.79 Å². The molecule has 1 aliphatic carbocycles. The van der Waals surface area contributed by atoms with E-state index in [-0.39, 0.29) is 6.09 Å².